The van der Waals surface area contributed by atoms with Crippen molar-refractivity contribution in [3.05, 3.63) is 54.3 Å². The Morgan fingerprint density at radius 1 is 1.05 bits per heavy atom. The molecule has 2 rings (SSSR count). The van der Waals surface area contributed by atoms with Gasteiger partial charge in [0.2, 0.25) is 0 Å². The Hall–Kier alpha value is -2.23. The summed E-state index contributed by atoms with van der Waals surface area (Å²) in [7, 11) is 0. The SMILES string of the molecule is CCOc1ccc(NCCCOc2ccccc2)cc1F. The molecule has 0 atom stereocenters. The van der Waals surface area contributed by atoms with Gasteiger partial charge >= 0.3 is 0 Å². The van der Waals surface area contributed by atoms with Crippen molar-refractivity contribution in [2.45, 2.75) is 13.3 Å². The molecule has 0 bridgehead atoms. The van der Waals surface area contributed by atoms with Crippen molar-refractivity contribution in [2.75, 3.05) is 25.1 Å². The van der Waals surface area contributed by atoms with Gasteiger partial charge in [-0.3, -0.25) is 0 Å². The first-order valence-electron chi connectivity index (χ1n) is 7.13. The maximum atomic E-state index is 13.6. The second kappa shape index (κ2) is 8.15. The number of para-hydroxylation sites is 1. The lowest BCUT2D eigenvalue weighted by Gasteiger charge is -2.10. The third kappa shape index (κ3) is 4.99. The van der Waals surface area contributed by atoms with Crippen molar-refractivity contribution >= 4 is 5.69 Å². The van der Waals surface area contributed by atoms with E-state index in [0.29, 0.717) is 13.2 Å². The molecule has 0 saturated carbocycles. The van der Waals surface area contributed by atoms with Crippen molar-refractivity contribution in [1.82, 2.24) is 0 Å². The molecule has 0 aromatic heterocycles. The lowest BCUT2D eigenvalue weighted by atomic mass is 10.3. The number of rotatable bonds is 8. The second-order valence-electron chi connectivity index (χ2n) is 4.52. The average molecular weight is 289 g/mol. The molecule has 0 aliphatic heterocycles. The van der Waals surface area contributed by atoms with E-state index in [4.69, 9.17) is 9.47 Å². The molecule has 0 saturated heterocycles. The third-order valence-electron chi connectivity index (χ3n) is 2.89. The van der Waals surface area contributed by atoms with Gasteiger partial charge in [-0.1, -0.05) is 18.2 Å². The van der Waals surface area contributed by atoms with Gasteiger partial charge in [0.25, 0.3) is 0 Å². The molecule has 4 heteroatoms. The van der Waals surface area contributed by atoms with Crippen LogP contribution in [0.2, 0.25) is 0 Å². The number of hydrogen-bond donors (Lipinski definition) is 1. The van der Waals surface area contributed by atoms with E-state index in [-0.39, 0.29) is 11.6 Å². The largest absolute Gasteiger partial charge is 0.494 e. The Balaban J connectivity index is 1.70. The van der Waals surface area contributed by atoms with E-state index in [1.54, 1.807) is 6.07 Å². The van der Waals surface area contributed by atoms with E-state index in [0.717, 1.165) is 24.4 Å². The van der Waals surface area contributed by atoms with Crippen LogP contribution >= 0.6 is 0 Å². The predicted molar refractivity (Wildman–Crippen MR) is 82.6 cm³/mol. The highest BCUT2D eigenvalue weighted by Crippen LogP contribution is 2.21. The van der Waals surface area contributed by atoms with E-state index in [9.17, 15) is 4.39 Å². The summed E-state index contributed by atoms with van der Waals surface area (Å²) < 4.78 is 24.4. The number of nitrogens with one attached hydrogen (secondary N) is 1. The van der Waals surface area contributed by atoms with Gasteiger partial charge in [-0.15, -0.1) is 0 Å². The molecule has 0 radical (unpaired) electrons. The summed E-state index contributed by atoms with van der Waals surface area (Å²) >= 11 is 0. The number of halogens is 1. The molecule has 112 valence electrons. The van der Waals surface area contributed by atoms with Crippen LogP contribution < -0.4 is 14.8 Å². The first kappa shape index (κ1) is 15.2. The van der Waals surface area contributed by atoms with Crippen molar-refractivity contribution < 1.29 is 13.9 Å². The highest BCUT2D eigenvalue weighted by Gasteiger charge is 2.03. The van der Waals surface area contributed by atoms with Crippen molar-refractivity contribution in [2.24, 2.45) is 0 Å². The molecular formula is C17H20FNO2. The fourth-order valence-electron chi connectivity index (χ4n) is 1.89. The van der Waals surface area contributed by atoms with E-state index >= 15 is 0 Å². The van der Waals surface area contributed by atoms with Crippen LogP contribution in [0.25, 0.3) is 0 Å². The van der Waals surface area contributed by atoms with Gasteiger partial charge in [-0.05, 0) is 37.6 Å². The molecule has 2 aromatic rings. The number of ether oxygens (including phenoxy) is 2. The van der Waals surface area contributed by atoms with Crippen molar-refractivity contribution in [3.63, 3.8) is 0 Å². The topological polar surface area (TPSA) is 30.5 Å². The molecule has 0 unspecified atom stereocenters. The van der Waals surface area contributed by atoms with E-state index in [1.165, 1.54) is 6.07 Å². The van der Waals surface area contributed by atoms with Crippen LogP contribution in [0.3, 0.4) is 0 Å². The summed E-state index contributed by atoms with van der Waals surface area (Å²) in [4.78, 5) is 0. The quantitative estimate of drug-likeness (QED) is 0.742. The summed E-state index contributed by atoms with van der Waals surface area (Å²) in [5.74, 6) is 0.808. The number of anilines is 1. The Morgan fingerprint density at radius 3 is 2.57 bits per heavy atom. The zero-order chi connectivity index (χ0) is 14.9. The van der Waals surface area contributed by atoms with Crippen LogP contribution in [0, 0.1) is 5.82 Å². The van der Waals surface area contributed by atoms with Gasteiger partial charge in [-0.2, -0.15) is 0 Å². The maximum Gasteiger partial charge on any atom is 0.167 e. The number of hydrogen-bond acceptors (Lipinski definition) is 3. The normalized spacial score (nSPS) is 10.2. The molecule has 21 heavy (non-hydrogen) atoms. The predicted octanol–water partition coefficient (Wildman–Crippen LogP) is 4.11. The summed E-state index contributed by atoms with van der Waals surface area (Å²) in [5.41, 5.74) is 0.746. The molecule has 2 aromatic carbocycles. The molecule has 0 amide bonds. The van der Waals surface area contributed by atoms with Crippen LogP contribution in [-0.2, 0) is 0 Å². The fraction of sp³-hybridized carbons (Fsp3) is 0.294. The minimum Gasteiger partial charge on any atom is -0.494 e. The van der Waals surface area contributed by atoms with Crippen LogP contribution in [0.15, 0.2) is 48.5 Å². The molecule has 3 nitrogen and oxygen atoms in total. The molecule has 0 aliphatic rings. The molecule has 0 heterocycles. The van der Waals surface area contributed by atoms with Crippen LogP contribution in [0.1, 0.15) is 13.3 Å². The molecule has 1 N–H and O–H groups in total. The van der Waals surface area contributed by atoms with Crippen LogP contribution in [0.5, 0.6) is 11.5 Å². The Labute approximate surface area is 124 Å². The van der Waals surface area contributed by atoms with Gasteiger partial charge in [-0.25, -0.2) is 4.39 Å². The monoisotopic (exact) mass is 289 g/mol. The fourth-order valence-corrected chi connectivity index (χ4v) is 1.89. The third-order valence-corrected chi connectivity index (χ3v) is 2.89. The standard InChI is InChI=1S/C17H20FNO2/c1-2-20-17-10-9-14(13-16(17)18)19-11-6-12-21-15-7-4-3-5-8-15/h3-5,7-10,13,19H,2,6,11-12H2,1H3. The van der Waals surface area contributed by atoms with Crippen molar-refractivity contribution in [3.8, 4) is 11.5 Å². The lowest BCUT2D eigenvalue weighted by Crippen LogP contribution is -2.07. The average Bonchev–Trinajstić information content (AvgIpc) is 2.51. The zero-order valence-corrected chi connectivity index (χ0v) is 12.1. The van der Waals surface area contributed by atoms with Gasteiger partial charge in [0.05, 0.1) is 13.2 Å². The minimum atomic E-state index is -0.345. The van der Waals surface area contributed by atoms with E-state index < -0.39 is 0 Å². The summed E-state index contributed by atoms with van der Waals surface area (Å²) in [6.07, 6.45) is 0.837. The molecule has 0 aliphatic carbocycles. The Kier molecular flexibility index (Phi) is 5.88. The highest BCUT2D eigenvalue weighted by molar-refractivity contribution is 5.47. The smallest absolute Gasteiger partial charge is 0.167 e. The number of benzene rings is 2. The first-order valence-corrected chi connectivity index (χ1v) is 7.13. The minimum absolute atomic E-state index is 0.287. The van der Waals surface area contributed by atoms with Gasteiger partial charge < -0.3 is 14.8 Å². The summed E-state index contributed by atoms with van der Waals surface area (Å²) in [5, 5.41) is 3.17. The van der Waals surface area contributed by atoms with Crippen molar-refractivity contribution in [1.29, 1.82) is 0 Å². The second-order valence-corrected chi connectivity index (χ2v) is 4.52. The lowest BCUT2D eigenvalue weighted by molar-refractivity contribution is 0.315. The summed E-state index contributed by atoms with van der Waals surface area (Å²) in [6.45, 7) is 3.63. The van der Waals surface area contributed by atoms with Crippen LogP contribution in [-0.4, -0.2) is 19.8 Å². The zero-order valence-electron chi connectivity index (χ0n) is 12.1. The molecule has 0 fully saturated rings. The highest BCUT2D eigenvalue weighted by atomic mass is 19.1. The Morgan fingerprint density at radius 2 is 1.86 bits per heavy atom. The van der Waals surface area contributed by atoms with Gasteiger partial charge in [0.15, 0.2) is 11.6 Å². The van der Waals surface area contributed by atoms with Gasteiger partial charge in [0, 0.05) is 18.3 Å². The van der Waals surface area contributed by atoms with Crippen LogP contribution in [0.4, 0.5) is 10.1 Å². The maximum absolute atomic E-state index is 13.6. The van der Waals surface area contributed by atoms with E-state index in [2.05, 4.69) is 5.32 Å². The first-order chi connectivity index (χ1) is 10.3. The van der Waals surface area contributed by atoms with E-state index in [1.807, 2.05) is 43.3 Å². The molecule has 0 spiro atoms. The Bertz CT molecular complexity index is 546. The molecular weight excluding hydrogens is 269 g/mol. The van der Waals surface area contributed by atoms with Gasteiger partial charge in [0.1, 0.15) is 5.75 Å². The summed E-state index contributed by atoms with van der Waals surface area (Å²) in [6, 6.07) is 14.6.